The molecule has 1 fully saturated rings. The van der Waals surface area contributed by atoms with Crippen LogP contribution in [0.25, 0.3) is 0 Å². The molecule has 3 heteroatoms. The third-order valence-corrected chi connectivity index (χ3v) is 5.18. The Bertz CT molecular complexity index is 222. The van der Waals surface area contributed by atoms with Crippen molar-refractivity contribution < 1.29 is 4.21 Å². The van der Waals surface area contributed by atoms with Crippen molar-refractivity contribution in [2.45, 2.75) is 57.7 Å². The molecule has 90 valence electrons. The molecule has 0 aromatic carbocycles. The minimum atomic E-state index is -0.711. The predicted molar refractivity (Wildman–Crippen MR) is 67.6 cm³/mol. The summed E-state index contributed by atoms with van der Waals surface area (Å²) in [5, 5.41) is 3.54. The van der Waals surface area contributed by atoms with E-state index in [1.807, 2.05) is 20.8 Å². The fourth-order valence-electron chi connectivity index (χ4n) is 2.09. The molecule has 0 aromatic heterocycles. The standard InChI is InChI=1S/C12H25NOS/c1-10-6-5-7-11(10)13-8-9-15(14)12(2,3)4/h10-11,13H,5-9H2,1-4H3. The van der Waals surface area contributed by atoms with E-state index in [9.17, 15) is 4.21 Å². The fraction of sp³-hybridized carbons (Fsp3) is 1.00. The summed E-state index contributed by atoms with van der Waals surface area (Å²) in [6.45, 7) is 9.34. The van der Waals surface area contributed by atoms with Gasteiger partial charge in [0, 0.05) is 33.9 Å². The maximum absolute atomic E-state index is 11.8. The lowest BCUT2D eigenvalue weighted by atomic mass is 10.1. The van der Waals surface area contributed by atoms with E-state index in [2.05, 4.69) is 12.2 Å². The van der Waals surface area contributed by atoms with Crippen molar-refractivity contribution in [1.82, 2.24) is 5.32 Å². The Balaban J connectivity index is 2.19. The summed E-state index contributed by atoms with van der Waals surface area (Å²) < 4.78 is 11.7. The molecule has 1 rings (SSSR count). The zero-order valence-electron chi connectivity index (χ0n) is 10.5. The first kappa shape index (κ1) is 13.2. The van der Waals surface area contributed by atoms with Gasteiger partial charge in [-0.3, -0.25) is 4.21 Å². The maximum atomic E-state index is 11.8. The molecule has 0 radical (unpaired) electrons. The van der Waals surface area contributed by atoms with Crippen LogP contribution in [0.2, 0.25) is 0 Å². The Morgan fingerprint density at radius 2 is 2.00 bits per heavy atom. The van der Waals surface area contributed by atoms with E-state index in [0.29, 0.717) is 6.04 Å². The van der Waals surface area contributed by atoms with Gasteiger partial charge in [-0.15, -0.1) is 0 Å². The van der Waals surface area contributed by atoms with Crippen LogP contribution in [0.4, 0.5) is 0 Å². The largest absolute Gasteiger partial charge is 0.313 e. The van der Waals surface area contributed by atoms with Crippen LogP contribution in [-0.4, -0.2) is 27.3 Å². The Hall–Kier alpha value is 0.110. The van der Waals surface area contributed by atoms with Gasteiger partial charge in [-0.2, -0.15) is 0 Å². The molecule has 0 amide bonds. The average Bonchev–Trinajstić information content (AvgIpc) is 2.50. The highest BCUT2D eigenvalue weighted by molar-refractivity contribution is 7.86. The van der Waals surface area contributed by atoms with Gasteiger partial charge in [0.15, 0.2) is 0 Å². The van der Waals surface area contributed by atoms with Crippen LogP contribution in [-0.2, 0) is 10.8 Å². The number of rotatable bonds is 4. The topological polar surface area (TPSA) is 29.1 Å². The molecule has 15 heavy (non-hydrogen) atoms. The lowest BCUT2D eigenvalue weighted by Gasteiger charge is -2.20. The summed E-state index contributed by atoms with van der Waals surface area (Å²) in [7, 11) is -0.711. The molecule has 1 saturated carbocycles. The van der Waals surface area contributed by atoms with E-state index in [-0.39, 0.29) is 4.75 Å². The van der Waals surface area contributed by atoms with Gasteiger partial charge in [0.05, 0.1) is 0 Å². The van der Waals surface area contributed by atoms with Crippen molar-refractivity contribution in [3.05, 3.63) is 0 Å². The van der Waals surface area contributed by atoms with Gasteiger partial charge in [-0.25, -0.2) is 0 Å². The van der Waals surface area contributed by atoms with Gasteiger partial charge in [0.25, 0.3) is 0 Å². The maximum Gasteiger partial charge on any atom is 0.0375 e. The smallest absolute Gasteiger partial charge is 0.0375 e. The van der Waals surface area contributed by atoms with Crippen molar-refractivity contribution in [2.24, 2.45) is 5.92 Å². The van der Waals surface area contributed by atoms with Crippen LogP contribution in [0.1, 0.15) is 47.0 Å². The molecule has 0 saturated heterocycles. The lowest BCUT2D eigenvalue weighted by molar-refractivity contribution is 0.437. The number of nitrogens with one attached hydrogen (secondary N) is 1. The van der Waals surface area contributed by atoms with E-state index in [4.69, 9.17) is 0 Å². The molecule has 1 N–H and O–H groups in total. The molecule has 3 atom stereocenters. The molecule has 0 bridgehead atoms. The number of hydrogen-bond acceptors (Lipinski definition) is 2. The van der Waals surface area contributed by atoms with Crippen molar-refractivity contribution >= 4 is 10.8 Å². The Morgan fingerprint density at radius 3 is 2.47 bits per heavy atom. The molecule has 0 spiro atoms. The summed E-state index contributed by atoms with van der Waals surface area (Å²) >= 11 is 0. The molecule has 3 unspecified atom stereocenters. The van der Waals surface area contributed by atoms with Gasteiger partial charge in [0.2, 0.25) is 0 Å². The van der Waals surface area contributed by atoms with Crippen molar-refractivity contribution in [2.75, 3.05) is 12.3 Å². The second-order valence-corrected chi connectivity index (χ2v) is 7.95. The Morgan fingerprint density at radius 1 is 1.33 bits per heavy atom. The van der Waals surface area contributed by atoms with E-state index < -0.39 is 10.8 Å². The van der Waals surface area contributed by atoms with Crippen molar-refractivity contribution in [1.29, 1.82) is 0 Å². The molecule has 0 aliphatic heterocycles. The van der Waals surface area contributed by atoms with Crippen LogP contribution in [0.5, 0.6) is 0 Å². The predicted octanol–water partition coefficient (Wildman–Crippen LogP) is 2.31. The van der Waals surface area contributed by atoms with Gasteiger partial charge in [-0.05, 0) is 39.5 Å². The van der Waals surface area contributed by atoms with Crippen molar-refractivity contribution in [3.8, 4) is 0 Å². The van der Waals surface area contributed by atoms with Crippen LogP contribution >= 0.6 is 0 Å². The second kappa shape index (κ2) is 5.44. The third-order valence-electron chi connectivity index (χ3n) is 3.24. The van der Waals surface area contributed by atoms with E-state index in [0.717, 1.165) is 18.2 Å². The minimum absolute atomic E-state index is 0.0665. The van der Waals surface area contributed by atoms with Crippen LogP contribution < -0.4 is 5.32 Å². The first-order valence-corrected chi connectivity index (χ1v) is 7.35. The van der Waals surface area contributed by atoms with Crippen LogP contribution in [0, 0.1) is 5.92 Å². The van der Waals surface area contributed by atoms with Gasteiger partial charge >= 0.3 is 0 Å². The van der Waals surface area contributed by atoms with E-state index in [1.165, 1.54) is 19.3 Å². The van der Waals surface area contributed by atoms with Gasteiger partial charge in [-0.1, -0.05) is 13.3 Å². The molecule has 1 aliphatic carbocycles. The van der Waals surface area contributed by atoms with Gasteiger partial charge in [0.1, 0.15) is 0 Å². The summed E-state index contributed by atoms with van der Waals surface area (Å²) in [4.78, 5) is 0. The zero-order chi connectivity index (χ0) is 11.5. The number of hydrogen-bond donors (Lipinski definition) is 1. The first-order valence-electron chi connectivity index (χ1n) is 6.03. The molecule has 0 heterocycles. The van der Waals surface area contributed by atoms with E-state index >= 15 is 0 Å². The minimum Gasteiger partial charge on any atom is -0.313 e. The third kappa shape index (κ3) is 4.23. The molecule has 1 aliphatic rings. The summed E-state index contributed by atoms with van der Waals surface area (Å²) in [5.41, 5.74) is 0. The average molecular weight is 231 g/mol. The highest BCUT2D eigenvalue weighted by atomic mass is 32.2. The highest BCUT2D eigenvalue weighted by Gasteiger charge is 2.23. The second-order valence-electron chi connectivity index (χ2n) is 5.63. The van der Waals surface area contributed by atoms with Gasteiger partial charge < -0.3 is 5.32 Å². The quantitative estimate of drug-likeness (QED) is 0.804. The monoisotopic (exact) mass is 231 g/mol. The molecule has 2 nitrogen and oxygen atoms in total. The summed E-state index contributed by atoms with van der Waals surface area (Å²) in [6, 6.07) is 0.668. The molecule has 0 aromatic rings. The van der Waals surface area contributed by atoms with Crippen molar-refractivity contribution in [3.63, 3.8) is 0 Å². The summed E-state index contributed by atoms with van der Waals surface area (Å²) in [5.74, 6) is 1.58. The fourth-order valence-corrected chi connectivity index (χ4v) is 3.01. The molecular weight excluding hydrogens is 206 g/mol. The van der Waals surface area contributed by atoms with Crippen LogP contribution in [0.15, 0.2) is 0 Å². The highest BCUT2D eigenvalue weighted by Crippen LogP contribution is 2.24. The SMILES string of the molecule is CC1CCCC1NCCS(=O)C(C)(C)C. The lowest BCUT2D eigenvalue weighted by Crippen LogP contribution is -2.36. The zero-order valence-corrected chi connectivity index (χ0v) is 11.3. The van der Waals surface area contributed by atoms with Crippen LogP contribution in [0.3, 0.4) is 0 Å². The Labute approximate surface area is 96.7 Å². The first-order chi connectivity index (χ1) is 6.91. The van der Waals surface area contributed by atoms with E-state index in [1.54, 1.807) is 0 Å². The Kier molecular flexibility index (Phi) is 4.78. The molecular formula is C12H25NOS. The normalized spacial score (nSPS) is 29.3. The summed E-state index contributed by atoms with van der Waals surface area (Å²) in [6.07, 6.45) is 3.99.